The van der Waals surface area contributed by atoms with Crippen LogP contribution in [0.3, 0.4) is 0 Å². The molecular formula is C14H20N2O. The Kier molecular flexibility index (Phi) is 2.90. The van der Waals surface area contributed by atoms with Crippen LogP contribution in [0.1, 0.15) is 42.5 Å². The summed E-state index contributed by atoms with van der Waals surface area (Å²) in [5.41, 5.74) is 8.87. The van der Waals surface area contributed by atoms with Gasteiger partial charge in [-0.15, -0.1) is 0 Å². The molecule has 3 N–H and O–H groups in total. The van der Waals surface area contributed by atoms with Crippen LogP contribution in [0.25, 0.3) is 0 Å². The fourth-order valence-electron chi connectivity index (χ4n) is 3.08. The third-order valence-corrected chi connectivity index (χ3v) is 4.01. The van der Waals surface area contributed by atoms with Gasteiger partial charge in [-0.25, -0.2) is 0 Å². The summed E-state index contributed by atoms with van der Waals surface area (Å²) >= 11 is 0. The van der Waals surface area contributed by atoms with Crippen LogP contribution in [-0.2, 0) is 0 Å². The molecule has 1 aromatic carbocycles. The first-order valence-electron chi connectivity index (χ1n) is 6.52. The maximum Gasteiger partial charge on any atom is 0.0558 e. The SMILES string of the molecule is NC1CC(N(CCO)C2CC2)c2ccccc21. The summed E-state index contributed by atoms with van der Waals surface area (Å²) in [6, 6.07) is 9.74. The van der Waals surface area contributed by atoms with Gasteiger partial charge in [-0.05, 0) is 30.4 Å². The zero-order valence-electron chi connectivity index (χ0n) is 10.0. The minimum absolute atomic E-state index is 0.163. The number of rotatable bonds is 4. The number of benzene rings is 1. The van der Waals surface area contributed by atoms with Gasteiger partial charge in [0.15, 0.2) is 0 Å². The van der Waals surface area contributed by atoms with Crippen molar-refractivity contribution in [1.82, 2.24) is 4.90 Å². The lowest BCUT2D eigenvalue weighted by molar-refractivity contribution is 0.139. The van der Waals surface area contributed by atoms with E-state index in [0.717, 1.165) is 13.0 Å². The van der Waals surface area contributed by atoms with Crippen molar-refractivity contribution in [2.45, 2.75) is 37.4 Å². The zero-order chi connectivity index (χ0) is 11.8. The third kappa shape index (κ3) is 1.99. The molecule has 0 amide bonds. The van der Waals surface area contributed by atoms with Crippen molar-refractivity contribution in [3.05, 3.63) is 35.4 Å². The minimum Gasteiger partial charge on any atom is -0.395 e. The molecule has 1 aromatic rings. The van der Waals surface area contributed by atoms with Crippen LogP contribution in [-0.4, -0.2) is 29.2 Å². The van der Waals surface area contributed by atoms with Gasteiger partial charge in [0.2, 0.25) is 0 Å². The van der Waals surface area contributed by atoms with Crippen LogP contribution in [0, 0.1) is 0 Å². The van der Waals surface area contributed by atoms with Gasteiger partial charge in [0.25, 0.3) is 0 Å². The van der Waals surface area contributed by atoms with Crippen LogP contribution in [0.2, 0.25) is 0 Å². The van der Waals surface area contributed by atoms with E-state index < -0.39 is 0 Å². The molecule has 0 heterocycles. The Morgan fingerprint density at radius 1 is 1.24 bits per heavy atom. The van der Waals surface area contributed by atoms with Crippen molar-refractivity contribution in [2.75, 3.05) is 13.2 Å². The highest BCUT2D eigenvalue weighted by atomic mass is 16.3. The summed E-state index contributed by atoms with van der Waals surface area (Å²) < 4.78 is 0. The molecule has 2 aliphatic rings. The second-order valence-corrected chi connectivity index (χ2v) is 5.18. The summed E-state index contributed by atoms with van der Waals surface area (Å²) in [6.45, 7) is 1.01. The standard InChI is InChI=1S/C14H20N2O/c15-13-9-14(12-4-2-1-3-11(12)13)16(7-8-17)10-5-6-10/h1-4,10,13-14,17H,5-9,15H2. The lowest BCUT2D eigenvalue weighted by atomic mass is 10.1. The summed E-state index contributed by atoms with van der Waals surface area (Å²) in [5.74, 6) is 0. The number of nitrogens with two attached hydrogens (primary N) is 1. The minimum atomic E-state index is 0.163. The van der Waals surface area contributed by atoms with Crippen LogP contribution in [0.5, 0.6) is 0 Å². The maximum absolute atomic E-state index is 9.21. The molecule has 2 unspecified atom stereocenters. The Labute approximate surface area is 102 Å². The number of aliphatic hydroxyl groups excluding tert-OH is 1. The van der Waals surface area contributed by atoms with Gasteiger partial charge in [-0.1, -0.05) is 24.3 Å². The van der Waals surface area contributed by atoms with E-state index >= 15 is 0 Å². The van der Waals surface area contributed by atoms with Gasteiger partial charge in [-0.2, -0.15) is 0 Å². The molecule has 0 spiro atoms. The molecule has 0 aromatic heterocycles. The smallest absolute Gasteiger partial charge is 0.0558 e. The molecule has 0 saturated heterocycles. The summed E-state index contributed by atoms with van der Waals surface area (Å²) in [6.07, 6.45) is 3.54. The fraction of sp³-hybridized carbons (Fsp3) is 0.571. The second-order valence-electron chi connectivity index (χ2n) is 5.18. The molecule has 1 fully saturated rings. The van der Waals surface area contributed by atoms with Crippen LogP contribution >= 0.6 is 0 Å². The topological polar surface area (TPSA) is 49.5 Å². The molecule has 0 radical (unpaired) electrons. The predicted molar refractivity (Wildman–Crippen MR) is 67.5 cm³/mol. The first-order valence-corrected chi connectivity index (χ1v) is 6.52. The van der Waals surface area contributed by atoms with E-state index in [1.807, 2.05) is 0 Å². The van der Waals surface area contributed by atoms with E-state index in [1.54, 1.807) is 0 Å². The molecule has 1 saturated carbocycles. The summed E-state index contributed by atoms with van der Waals surface area (Å²) in [5, 5.41) is 9.21. The molecule has 92 valence electrons. The second kappa shape index (κ2) is 4.41. The Bertz CT molecular complexity index is 403. The largest absolute Gasteiger partial charge is 0.395 e. The molecular weight excluding hydrogens is 212 g/mol. The van der Waals surface area contributed by atoms with Gasteiger partial charge < -0.3 is 10.8 Å². The molecule has 3 heteroatoms. The normalized spacial score (nSPS) is 27.5. The van der Waals surface area contributed by atoms with Gasteiger partial charge >= 0.3 is 0 Å². The molecule has 3 nitrogen and oxygen atoms in total. The van der Waals surface area contributed by atoms with Crippen molar-refractivity contribution < 1.29 is 5.11 Å². The van der Waals surface area contributed by atoms with E-state index in [9.17, 15) is 5.11 Å². The van der Waals surface area contributed by atoms with Gasteiger partial charge in [0.05, 0.1) is 6.61 Å². The maximum atomic E-state index is 9.21. The van der Waals surface area contributed by atoms with Crippen molar-refractivity contribution >= 4 is 0 Å². The first-order chi connectivity index (χ1) is 8.31. The average Bonchev–Trinajstić information content (AvgIpc) is 3.13. The number of hydrogen-bond donors (Lipinski definition) is 2. The van der Waals surface area contributed by atoms with E-state index in [2.05, 4.69) is 29.2 Å². The number of hydrogen-bond acceptors (Lipinski definition) is 3. The van der Waals surface area contributed by atoms with E-state index in [4.69, 9.17) is 5.73 Å². The number of aliphatic hydroxyl groups is 1. The van der Waals surface area contributed by atoms with E-state index in [0.29, 0.717) is 12.1 Å². The van der Waals surface area contributed by atoms with Crippen molar-refractivity contribution in [3.8, 4) is 0 Å². The monoisotopic (exact) mass is 232 g/mol. The van der Waals surface area contributed by atoms with Crippen LogP contribution < -0.4 is 5.73 Å². The van der Waals surface area contributed by atoms with Crippen molar-refractivity contribution in [3.63, 3.8) is 0 Å². The lowest BCUT2D eigenvalue weighted by Crippen LogP contribution is -2.32. The average molecular weight is 232 g/mol. The number of fused-ring (bicyclic) bond motifs is 1. The predicted octanol–water partition coefficient (Wildman–Crippen LogP) is 1.59. The zero-order valence-corrected chi connectivity index (χ0v) is 10.0. The summed E-state index contributed by atoms with van der Waals surface area (Å²) in [7, 11) is 0. The Morgan fingerprint density at radius 2 is 1.94 bits per heavy atom. The molecule has 0 aliphatic heterocycles. The lowest BCUT2D eigenvalue weighted by Gasteiger charge is -2.29. The van der Waals surface area contributed by atoms with Crippen LogP contribution in [0.4, 0.5) is 0 Å². The highest BCUT2D eigenvalue weighted by molar-refractivity contribution is 5.37. The van der Waals surface area contributed by atoms with Crippen LogP contribution in [0.15, 0.2) is 24.3 Å². The highest BCUT2D eigenvalue weighted by Crippen LogP contribution is 2.44. The van der Waals surface area contributed by atoms with Crippen molar-refractivity contribution in [1.29, 1.82) is 0 Å². The first kappa shape index (κ1) is 11.2. The summed E-state index contributed by atoms with van der Waals surface area (Å²) in [4.78, 5) is 2.45. The molecule has 17 heavy (non-hydrogen) atoms. The molecule has 0 bridgehead atoms. The quantitative estimate of drug-likeness (QED) is 0.829. The molecule has 3 rings (SSSR count). The van der Waals surface area contributed by atoms with Crippen molar-refractivity contribution in [2.24, 2.45) is 5.73 Å². The van der Waals surface area contributed by atoms with Gasteiger partial charge in [0.1, 0.15) is 0 Å². The molecule has 2 atom stereocenters. The van der Waals surface area contributed by atoms with Gasteiger partial charge in [-0.3, -0.25) is 4.90 Å². The number of nitrogens with zero attached hydrogens (tertiary/aromatic N) is 1. The fourth-order valence-corrected chi connectivity index (χ4v) is 3.08. The molecule has 2 aliphatic carbocycles. The Morgan fingerprint density at radius 3 is 2.59 bits per heavy atom. The Balaban J connectivity index is 1.88. The van der Waals surface area contributed by atoms with E-state index in [1.165, 1.54) is 24.0 Å². The van der Waals surface area contributed by atoms with Gasteiger partial charge in [0, 0.05) is 24.7 Å². The third-order valence-electron chi connectivity index (χ3n) is 4.01. The van der Waals surface area contributed by atoms with E-state index in [-0.39, 0.29) is 12.6 Å². The highest BCUT2D eigenvalue weighted by Gasteiger charge is 2.39. The Hall–Kier alpha value is -0.900.